The third-order valence-electron chi connectivity index (χ3n) is 4.03. The van der Waals surface area contributed by atoms with Gasteiger partial charge in [0.2, 0.25) is 11.1 Å². The number of nitro groups is 1. The molecule has 1 aromatic carbocycles. The van der Waals surface area contributed by atoms with Gasteiger partial charge in [0.15, 0.2) is 11.6 Å². The Morgan fingerprint density at radius 1 is 1.22 bits per heavy atom. The van der Waals surface area contributed by atoms with Crippen molar-refractivity contribution in [2.24, 2.45) is 0 Å². The number of fused-ring (bicyclic) bond motifs is 1. The molecule has 9 nitrogen and oxygen atoms in total. The number of carbonyl (C=O) groups excluding carboxylic acids is 2. The Morgan fingerprint density at radius 2 is 1.96 bits per heavy atom. The molecule has 0 unspecified atom stereocenters. The van der Waals surface area contributed by atoms with Crippen LogP contribution in [0.15, 0.2) is 34.3 Å². The summed E-state index contributed by atoms with van der Waals surface area (Å²) in [7, 11) is 0. The summed E-state index contributed by atoms with van der Waals surface area (Å²) in [6, 6.07) is 5.90. The van der Waals surface area contributed by atoms with Crippen LogP contribution < -0.4 is 5.01 Å². The number of thioether (sulfide) groups is 1. The highest BCUT2D eigenvalue weighted by Gasteiger charge is 2.35. The normalized spacial score (nSPS) is 13.5. The van der Waals surface area contributed by atoms with Crippen molar-refractivity contribution in [3.63, 3.8) is 0 Å². The first-order chi connectivity index (χ1) is 12.9. The largest absolute Gasteiger partial charge is 0.294 e. The number of Topliss-reactive ketones (excluding diaryl/α,β-unsaturated/α-hetero) is 1. The molecule has 0 saturated carbocycles. The molecule has 0 spiro atoms. The van der Waals surface area contributed by atoms with Gasteiger partial charge in [0.05, 0.1) is 15.5 Å². The topological polar surface area (TPSA) is 111 Å². The number of rotatable bonds is 5. The van der Waals surface area contributed by atoms with Gasteiger partial charge < -0.3 is 0 Å². The maximum Gasteiger partial charge on any atom is 0.270 e. The molecule has 0 saturated heterocycles. The van der Waals surface area contributed by atoms with E-state index in [9.17, 15) is 19.7 Å². The number of nitro benzene ring substituents is 1. The molecule has 3 rings (SSSR count). The zero-order valence-electron chi connectivity index (χ0n) is 15.0. The van der Waals surface area contributed by atoms with Gasteiger partial charge in [0.25, 0.3) is 5.69 Å². The lowest BCUT2D eigenvalue weighted by molar-refractivity contribution is -0.384. The average molecular weight is 387 g/mol. The second-order valence-corrected chi connectivity index (χ2v) is 6.74. The summed E-state index contributed by atoms with van der Waals surface area (Å²) < 4.78 is 1.54. The number of amides is 1. The van der Waals surface area contributed by atoms with Crippen LogP contribution in [-0.4, -0.2) is 31.5 Å². The fourth-order valence-electron chi connectivity index (χ4n) is 2.72. The van der Waals surface area contributed by atoms with Gasteiger partial charge in [0.1, 0.15) is 0 Å². The minimum atomic E-state index is -0.511. The van der Waals surface area contributed by atoms with Gasteiger partial charge in [-0.15, -0.1) is 10.2 Å². The second-order valence-electron chi connectivity index (χ2n) is 5.76. The van der Waals surface area contributed by atoms with Crippen molar-refractivity contribution in [3.05, 3.63) is 50.7 Å². The Balaban J connectivity index is 2.31. The van der Waals surface area contributed by atoms with E-state index in [2.05, 4.69) is 10.2 Å². The van der Waals surface area contributed by atoms with Gasteiger partial charge in [-0.2, -0.15) is 0 Å². The molecule has 0 atom stereocenters. The third-order valence-corrected chi connectivity index (χ3v) is 5.09. The summed E-state index contributed by atoms with van der Waals surface area (Å²) in [6.45, 7) is 5.12. The summed E-state index contributed by atoms with van der Waals surface area (Å²) >= 11 is 1.12. The fraction of sp³-hybridized carbons (Fsp3) is 0.294. The van der Waals surface area contributed by atoms with Crippen molar-refractivity contribution >= 4 is 34.8 Å². The molecule has 1 aromatic heterocycles. The highest BCUT2D eigenvalue weighted by atomic mass is 32.2. The Kier molecular flexibility index (Phi) is 5.08. The summed E-state index contributed by atoms with van der Waals surface area (Å²) in [5.74, 6) is 0.0231. The number of hydrogen-bond donors (Lipinski definition) is 0. The highest BCUT2D eigenvalue weighted by Crippen LogP contribution is 2.40. The maximum atomic E-state index is 12.8. The summed E-state index contributed by atoms with van der Waals surface area (Å²) in [6.07, 6.45) is 0.399. The molecule has 2 aromatic rings. The Hall–Kier alpha value is -3.01. The molecular weight excluding hydrogens is 370 g/mol. The maximum absolute atomic E-state index is 12.8. The van der Waals surface area contributed by atoms with E-state index in [1.54, 1.807) is 26.8 Å². The number of ketones is 1. The zero-order chi connectivity index (χ0) is 19.7. The number of carbonyl (C=O) groups is 2. The molecule has 140 valence electrons. The standard InChI is InChI=1S/C17H17N5O4S/c1-4-13(23)16-15(11-7-6-8-12(9-11)22(25)26)21(14(24)5-2)20-10(3)18-19-17(20)27-16/h6-9H,4-5H2,1-3H3. The van der Waals surface area contributed by atoms with Crippen molar-refractivity contribution in [3.8, 4) is 0 Å². The summed E-state index contributed by atoms with van der Waals surface area (Å²) in [4.78, 5) is 36.4. The molecule has 0 bridgehead atoms. The Bertz CT molecular complexity index is 981. The molecule has 0 aliphatic carbocycles. The van der Waals surface area contributed by atoms with E-state index < -0.39 is 4.92 Å². The van der Waals surface area contributed by atoms with Crippen molar-refractivity contribution in [2.45, 2.75) is 38.8 Å². The zero-order valence-corrected chi connectivity index (χ0v) is 15.8. The van der Waals surface area contributed by atoms with Crippen LogP contribution >= 0.6 is 11.8 Å². The lowest BCUT2D eigenvalue weighted by Crippen LogP contribution is -2.42. The van der Waals surface area contributed by atoms with Crippen LogP contribution in [0.3, 0.4) is 0 Å². The molecule has 0 N–H and O–H groups in total. The van der Waals surface area contributed by atoms with E-state index in [-0.39, 0.29) is 30.2 Å². The molecular formula is C17H17N5O4S. The van der Waals surface area contributed by atoms with Crippen LogP contribution in [0, 0.1) is 17.0 Å². The van der Waals surface area contributed by atoms with Crippen molar-refractivity contribution < 1.29 is 14.5 Å². The lowest BCUT2D eigenvalue weighted by Gasteiger charge is -2.32. The summed E-state index contributed by atoms with van der Waals surface area (Å²) in [5.41, 5.74) is 0.607. The van der Waals surface area contributed by atoms with Crippen molar-refractivity contribution in [1.29, 1.82) is 0 Å². The van der Waals surface area contributed by atoms with E-state index in [0.29, 0.717) is 27.1 Å². The molecule has 10 heteroatoms. The van der Waals surface area contributed by atoms with Crippen LogP contribution in [0.4, 0.5) is 5.69 Å². The predicted molar refractivity (Wildman–Crippen MR) is 99.4 cm³/mol. The summed E-state index contributed by atoms with van der Waals surface area (Å²) in [5, 5.41) is 21.0. The molecule has 1 amide bonds. The first kappa shape index (κ1) is 18.8. The van der Waals surface area contributed by atoms with Gasteiger partial charge in [-0.05, 0) is 18.7 Å². The van der Waals surface area contributed by atoms with Gasteiger partial charge >= 0.3 is 0 Å². The number of hydrogen-bond acceptors (Lipinski definition) is 7. The van der Waals surface area contributed by atoms with Gasteiger partial charge in [-0.1, -0.05) is 26.0 Å². The predicted octanol–water partition coefficient (Wildman–Crippen LogP) is 2.82. The Labute approximate surface area is 159 Å². The van der Waals surface area contributed by atoms with E-state index in [0.717, 1.165) is 11.8 Å². The van der Waals surface area contributed by atoms with Crippen LogP contribution in [-0.2, 0) is 9.59 Å². The van der Waals surface area contributed by atoms with Crippen molar-refractivity contribution in [2.75, 3.05) is 5.01 Å². The first-order valence-electron chi connectivity index (χ1n) is 8.34. The van der Waals surface area contributed by atoms with E-state index in [1.165, 1.54) is 27.9 Å². The molecule has 0 radical (unpaired) electrons. The van der Waals surface area contributed by atoms with Gasteiger partial charge in [-0.3, -0.25) is 19.7 Å². The van der Waals surface area contributed by atoms with Gasteiger partial charge in [-0.25, -0.2) is 9.69 Å². The molecule has 1 aliphatic rings. The number of benzene rings is 1. The molecule has 1 aliphatic heterocycles. The SMILES string of the molecule is CCC(=O)C1=C(c2cccc([N+](=O)[O-])c2)N(C(=O)CC)n2c(C)nnc2S1. The van der Waals surface area contributed by atoms with Gasteiger partial charge in [0, 0.05) is 30.5 Å². The third kappa shape index (κ3) is 3.23. The number of aryl methyl sites for hydroxylation is 1. The molecule has 27 heavy (non-hydrogen) atoms. The molecule has 2 heterocycles. The first-order valence-corrected chi connectivity index (χ1v) is 9.16. The van der Waals surface area contributed by atoms with E-state index in [1.807, 2.05) is 0 Å². The van der Waals surface area contributed by atoms with Crippen LogP contribution in [0.2, 0.25) is 0 Å². The van der Waals surface area contributed by atoms with E-state index in [4.69, 9.17) is 0 Å². The number of allylic oxidation sites excluding steroid dienone is 1. The average Bonchev–Trinajstić information content (AvgIpc) is 3.06. The minimum Gasteiger partial charge on any atom is -0.294 e. The fourth-order valence-corrected chi connectivity index (χ4v) is 3.85. The smallest absolute Gasteiger partial charge is 0.270 e. The number of nitrogens with zero attached hydrogens (tertiary/aromatic N) is 5. The number of non-ortho nitro benzene ring substituents is 1. The van der Waals surface area contributed by atoms with Crippen LogP contribution in [0.5, 0.6) is 0 Å². The van der Waals surface area contributed by atoms with E-state index >= 15 is 0 Å². The van der Waals surface area contributed by atoms with Crippen molar-refractivity contribution in [1.82, 2.24) is 14.9 Å². The lowest BCUT2D eigenvalue weighted by atomic mass is 10.1. The van der Waals surface area contributed by atoms with Crippen LogP contribution in [0.25, 0.3) is 5.70 Å². The second kappa shape index (κ2) is 7.31. The number of aromatic nitrogens is 3. The Morgan fingerprint density at radius 3 is 2.59 bits per heavy atom. The highest BCUT2D eigenvalue weighted by molar-refractivity contribution is 8.04. The monoisotopic (exact) mass is 387 g/mol. The minimum absolute atomic E-state index is 0.122. The molecule has 0 fully saturated rings. The van der Waals surface area contributed by atoms with Crippen LogP contribution in [0.1, 0.15) is 38.1 Å². The quantitative estimate of drug-likeness (QED) is 0.573.